The third-order valence-electron chi connectivity index (χ3n) is 8.86. The van der Waals surface area contributed by atoms with Gasteiger partial charge in [-0.3, -0.25) is 9.69 Å². The predicted octanol–water partition coefficient (Wildman–Crippen LogP) is 4.65. The highest BCUT2D eigenvalue weighted by molar-refractivity contribution is 5.87. The zero-order chi connectivity index (χ0) is 27.1. The summed E-state index contributed by atoms with van der Waals surface area (Å²) in [5.74, 6) is 2.69. The fraction of sp³-hybridized carbons (Fsp3) is 0.600. The van der Waals surface area contributed by atoms with E-state index in [0.717, 1.165) is 80.2 Å². The molecule has 2 saturated heterocycles. The van der Waals surface area contributed by atoms with E-state index in [1.54, 1.807) is 10.6 Å². The minimum atomic E-state index is -0.108. The molecule has 1 aromatic carbocycles. The van der Waals surface area contributed by atoms with E-state index in [1.807, 2.05) is 19.2 Å². The zero-order valence-electron chi connectivity index (χ0n) is 23.6. The lowest BCUT2D eigenvalue weighted by molar-refractivity contribution is -0.0386. The number of nitrogens with zero attached hydrogens (tertiary/aromatic N) is 5. The summed E-state index contributed by atoms with van der Waals surface area (Å²) >= 11 is 0. The van der Waals surface area contributed by atoms with E-state index in [9.17, 15) is 4.79 Å². The topological polar surface area (TPSA) is 74.0 Å². The Balaban J connectivity index is 1.37. The summed E-state index contributed by atoms with van der Waals surface area (Å²) in [6.45, 7) is 10.6. The van der Waals surface area contributed by atoms with Crippen molar-refractivity contribution in [3.8, 4) is 11.5 Å². The Bertz CT molecular complexity index is 1380. The molecule has 0 radical (unpaired) electrons. The molecule has 0 N–H and O–H groups in total. The van der Waals surface area contributed by atoms with Gasteiger partial charge < -0.3 is 23.7 Å². The second-order valence-corrected chi connectivity index (χ2v) is 11.1. The number of aryl methyl sites for hydroxylation is 1. The van der Waals surface area contributed by atoms with Gasteiger partial charge in [0.05, 0.1) is 0 Å². The largest absolute Gasteiger partial charge is 0.486 e. The van der Waals surface area contributed by atoms with Crippen LogP contribution in [-0.4, -0.2) is 64.2 Å². The van der Waals surface area contributed by atoms with Gasteiger partial charge in [0.2, 0.25) is 0 Å². The Morgan fingerprint density at radius 3 is 2.51 bits per heavy atom. The third-order valence-corrected chi connectivity index (χ3v) is 8.86. The number of benzene rings is 1. The Hall–Kier alpha value is -3.04. The van der Waals surface area contributed by atoms with Crippen LogP contribution in [0.2, 0.25) is 0 Å². The first-order valence-electron chi connectivity index (χ1n) is 14.6. The number of aromatic nitrogens is 3. The van der Waals surface area contributed by atoms with Crippen molar-refractivity contribution in [3.05, 3.63) is 46.2 Å². The van der Waals surface area contributed by atoms with Crippen LogP contribution < -0.4 is 19.9 Å². The SMILES string of the molecule is CC[C@H]1CN(C(C)c2ccc3c(c2)OCCO3)[C@H](CC)CN1c1c2c(ccc(=O)n2C)nn1C1CCCCO1. The van der Waals surface area contributed by atoms with E-state index in [4.69, 9.17) is 19.3 Å². The van der Waals surface area contributed by atoms with Crippen LogP contribution in [0.15, 0.2) is 35.1 Å². The van der Waals surface area contributed by atoms with E-state index in [0.29, 0.717) is 19.3 Å². The number of piperazine rings is 1. The summed E-state index contributed by atoms with van der Waals surface area (Å²) in [5, 5.41) is 5.03. The first kappa shape index (κ1) is 26.2. The van der Waals surface area contributed by atoms with Crippen LogP contribution in [-0.2, 0) is 11.8 Å². The van der Waals surface area contributed by atoms with Crippen LogP contribution >= 0.6 is 0 Å². The molecule has 2 unspecified atom stereocenters. The fourth-order valence-corrected chi connectivity index (χ4v) is 6.56. The monoisotopic (exact) mass is 535 g/mol. The van der Waals surface area contributed by atoms with Crippen LogP contribution in [0.25, 0.3) is 11.0 Å². The molecule has 2 fully saturated rings. The zero-order valence-corrected chi connectivity index (χ0v) is 23.6. The van der Waals surface area contributed by atoms with Crippen molar-refractivity contribution in [1.82, 2.24) is 19.2 Å². The molecular weight excluding hydrogens is 494 g/mol. The Kier molecular flexibility index (Phi) is 7.29. The molecule has 3 aliphatic rings. The number of fused-ring (bicyclic) bond motifs is 2. The van der Waals surface area contributed by atoms with Crippen LogP contribution in [0.1, 0.15) is 70.7 Å². The number of anilines is 1. The molecule has 3 aromatic rings. The van der Waals surface area contributed by atoms with Gasteiger partial charge in [0.15, 0.2) is 23.5 Å². The minimum absolute atomic E-state index is 0.0150. The van der Waals surface area contributed by atoms with E-state index >= 15 is 0 Å². The summed E-state index contributed by atoms with van der Waals surface area (Å²) in [6, 6.07) is 10.7. The molecule has 5 heterocycles. The van der Waals surface area contributed by atoms with Crippen molar-refractivity contribution in [2.45, 2.75) is 77.2 Å². The molecule has 3 aliphatic heterocycles. The summed E-state index contributed by atoms with van der Waals surface area (Å²) in [5.41, 5.74) is 2.97. The molecular formula is C30H41N5O4. The average Bonchev–Trinajstić information content (AvgIpc) is 3.38. The van der Waals surface area contributed by atoms with Crippen molar-refractivity contribution < 1.29 is 14.2 Å². The first-order valence-corrected chi connectivity index (χ1v) is 14.6. The van der Waals surface area contributed by atoms with Crippen molar-refractivity contribution in [2.75, 3.05) is 37.8 Å². The van der Waals surface area contributed by atoms with Crippen molar-refractivity contribution in [1.29, 1.82) is 0 Å². The van der Waals surface area contributed by atoms with Crippen LogP contribution in [0, 0.1) is 0 Å². The van der Waals surface area contributed by atoms with Gasteiger partial charge in [-0.1, -0.05) is 19.9 Å². The van der Waals surface area contributed by atoms with Crippen molar-refractivity contribution in [2.24, 2.45) is 7.05 Å². The van der Waals surface area contributed by atoms with E-state index in [1.165, 1.54) is 5.56 Å². The van der Waals surface area contributed by atoms with E-state index in [-0.39, 0.29) is 23.9 Å². The van der Waals surface area contributed by atoms with E-state index < -0.39 is 0 Å². The molecule has 0 amide bonds. The fourth-order valence-electron chi connectivity index (χ4n) is 6.56. The van der Waals surface area contributed by atoms with Gasteiger partial charge >= 0.3 is 0 Å². The standard InChI is InChI=1S/C30H41N5O4/c1-5-22-19-34(23(6-2)18-33(22)20(3)21-10-12-25-26(17-21)38-16-15-37-25)30-29-24(11-13-27(36)32(29)4)31-35(30)28-9-7-8-14-39-28/h10-13,17,20,22-23,28H,5-9,14-16,18-19H2,1-4H3/t20?,22-,23+,28?/m1/s1. The molecule has 0 aliphatic carbocycles. The van der Waals surface area contributed by atoms with Gasteiger partial charge in [-0.05, 0) is 62.8 Å². The number of ether oxygens (including phenoxy) is 3. The summed E-state index contributed by atoms with van der Waals surface area (Å²) in [7, 11) is 1.86. The molecule has 210 valence electrons. The van der Waals surface area contributed by atoms with Gasteiger partial charge in [-0.15, -0.1) is 0 Å². The maximum atomic E-state index is 12.8. The molecule has 2 aromatic heterocycles. The van der Waals surface area contributed by atoms with Crippen LogP contribution in [0.5, 0.6) is 11.5 Å². The quantitative estimate of drug-likeness (QED) is 0.455. The molecule has 0 spiro atoms. The van der Waals surface area contributed by atoms with Gasteiger partial charge in [-0.2, -0.15) is 5.10 Å². The predicted molar refractivity (Wildman–Crippen MR) is 152 cm³/mol. The Labute approximate surface area is 230 Å². The molecule has 39 heavy (non-hydrogen) atoms. The number of hydrogen-bond donors (Lipinski definition) is 0. The maximum Gasteiger partial charge on any atom is 0.250 e. The molecule has 0 bridgehead atoms. The van der Waals surface area contributed by atoms with Gasteiger partial charge in [0.25, 0.3) is 5.56 Å². The highest BCUT2D eigenvalue weighted by Gasteiger charge is 2.39. The highest BCUT2D eigenvalue weighted by Crippen LogP contribution is 2.39. The lowest BCUT2D eigenvalue weighted by Crippen LogP contribution is -2.59. The lowest BCUT2D eigenvalue weighted by Gasteiger charge is -2.49. The normalized spacial score (nSPS) is 24.7. The Morgan fingerprint density at radius 1 is 0.974 bits per heavy atom. The van der Waals surface area contributed by atoms with Gasteiger partial charge in [-0.25, -0.2) is 4.68 Å². The number of hydrogen-bond acceptors (Lipinski definition) is 7. The van der Waals surface area contributed by atoms with Crippen LogP contribution in [0.4, 0.5) is 5.82 Å². The van der Waals surface area contributed by atoms with Gasteiger partial charge in [0.1, 0.15) is 24.2 Å². The third kappa shape index (κ3) is 4.69. The highest BCUT2D eigenvalue weighted by atomic mass is 16.6. The smallest absolute Gasteiger partial charge is 0.250 e. The van der Waals surface area contributed by atoms with Crippen LogP contribution in [0.3, 0.4) is 0 Å². The second-order valence-electron chi connectivity index (χ2n) is 11.1. The lowest BCUT2D eigenvalue weighted by atomic mass is 9.96. The van der Waals surface area contributed by atoms with Gasteiger partial charge in [0, 0.05) is 50.9 Å². The summed E-state index contributed by atoms with van der Waals surface area (Å²) in [6.07, 6.45) is 5.03. The number of rotatable bonds is 6. The second kappa shape index (κ2) is 10.8. The molecule has 0 saturated carbocycles. The molecule has 6 rings (SSSR count). The molecule has 9 heteroatoms. The molecule has 4 atom stereocenters. The summed E-state index contributed by atoms with van der Waals surface area (Å²) in [4.78, 5) is 17.9. The maximum absolute atomic E-state index is 12.8. The summed E-state index contributed by atoms with van der Waals surface area (Å²) < 4.78 is 21.7. The Morgan fingerprint density at radius 2 is 1.77 bits per heavy atom. The minimum Gasteiger partial charge on any atom is -0.486 e. The van der Waals surface area contributed by atoms with Crippen molar-refractivity contribution >= 4 is 16.9 Å². The average molecular weight is 536 g/mol. The number of pyridine rings is 1. The van der Waals surface area contributed by atoms with Crippen molar-refractivity contribution in [3.63, 3.8) is 0 Å². The first-order chi connectivity index (χ1) is 19.0. The molecule has 9 nitrogen and oxygen atoms in total. The van der Waals surface area contributed by atoms with E-state index in [2.05, 4.69) is 47.4 Å².